The Morgan fingerprint density at radius 2 is 2.20 bits per heavy atom. The topological polar surface area (TPSA) is 64.9 Å². The first-order valence-corrected chi connectivity index (χ1v) is 6.91. The van der Waals surface area contributed by atoms with Gasteiger partial charge in [-0.05, 0) is 18.1 Å². The van der Waals surface area contributed by atoms with Gasteiger partial charge in [0.05, 0.1) is 6.04 Å². The Balaban J connectivity index is 2.18. The van der Waals surface area contributed by atoms with Crippen molar-refractivity contribution in [2.75, 3.05) is 0 Å². The van der Waals surface area contributed by atoms with Gasteiger partial charge >= 0.3 is 0 Å². The third kappa shape index (κ3) is 3.16. The molecule has 108 valence electrons. The molecule has 1 aromatic carbocycles. The van der Waals surface area contributed by atoms with Crippen LogP contribution in [0.25, 0.3) is 0 Å². The molecule has 6 heteroatoms. The molecule has 20 heavy (non-hydrogen) atoms. The molecule has 0 radical (unpaired) electrons. The SMILES string of the molecule is CC[C@H](C)[C@H](N)c1nc(Cc2c(F)cccc2Cl)no1. The molecule has 0 aliphatic heterocycles. The van der Waals surface area contributed by atoms with E-state index in [0.717, 1.165) is 6.42 Å². The van der Waals surface area contributed by atoms with E-state index >= 15 is 0 Å². The molecule has 4 nitrogen and oxygen atoms in total. The summed E-state index contributed by atoms with van der Waals surface area (Å²) in [5.74, 6) is 0.614. The molecule has 1 heterocycles. The average Bonchev–Trinajstić information content (AvgIpc) is 2.90. The number of benzene rings is 1. The van der Waals surface area contributed by atoms with E-state index in [0.29, 0.717) is 22.3 Å². The standard InChI is InChI=1S/C14H17ClFN3O/c1-3-8(2)13(17)14-18-12(19-20-14)7-9-10(15)5-4-6-11(9)16/h4-6,8,13H,3,7,17H2,1-2H3/t8-,13-/m0/s1. The first-order chi connectivity index (χ1) is 9.52. The zero-order chi connectivity index (χ0) is 14.7. The summed E-state index contributed by atoms with van der Waals surface area (Å²) >= 11 is 5.97. The summed E-state index contributed by atoms with van der Waals surface area (Å²) < 4.78 is 18.8. The van der Waals surface area contributed by atoms with E-state index in [2.05, 4.69) is 10.1 Å². The van der Waals surface area contributed by atoms with Gasteiger partial charge in [-0.1, -0.05) is 43.1 Å². The van der Waals surface area contributed by atoms with E-state index in [1.54, 1.807) is 12.1 Å². The highest BCUT2D eigenvalue weighted by Crippen LogP contribution is 2.23. The van der Waals surface area contributed by atoms with Gasteiger partial charge in [-0.15, -0.1) is 0 Å². The van der Waals surface area contributed by atoms with Crippen LogP contribution in [0.15, 0.2) is 22.7 Å². The number of nitrogens with two attached hydrogens (primary N) is 1. The van der Waals surface area contributed by atoms with Crippen LogP contribution in [0, 0.1) is 11.7 Å². The largest absolute Gasteiger partial charge is 0.338 e. The lowest BCUT2D eigenvalue weighted by atomic mass is 10.0. The Morgan fingerprint density at radius 1 is 1.45 bits per heavy atom. The van der Waals surface area contributed by atoms with Gasteiger partial charge in [0.15, 0.2) is 5.82 Å². The predicted molar refractivity (Wildman–Crippen MR) is 74.9 cm³/mol. The Labute approximate surface area is 122 Å². The minimum atomic E-state index is -0.380. The lowest BCUT2D eigenvalue weighted by Gasteiger charge is -2.12. The van der Waals surface area contributed by atoms with E-state index < -0.39 is 0 Å². The molecule has 0 amide bonds. The monoisotopic (exact) mass is 297 g/mol. The van der Waals surface area contributed by atoms with Crippen molar-refractivity contribution in [2.45, 2.75) is 32.7 Å². The molecule has 0 aliphatic rings. The number of hydrogen-bond acceptors (Lipinski definition) is 4. The maximum absolute atomic E-state index is 13.7. The number of halogens is 2. The maximum atomic E-state index is 13.7. The van der Waals surface area contributed by atoms with Crippen LogP contribution in [0.1, 0.15) is 43.6 Å². The highest BCUT2D eigenvalue weighted by atomic mass is 35.5. The Hall–Kier alpha value is -1.46. The summed E-state index contributed by atoms with van der Waals surface area (Å²) in [6.07, 6.45) is 1.10. The zero-order valence-corrected chi connectivity index (χ0v) is 12.2. The molecule has 0 fully saturated rings. The van der Waals surface area contributed by atoms with E-state index in [1.165, 1.54) is 6.07 Å². The van der Waals surface area contributed by atoms with Gasteiger partial charge in [0, 0.05) is 17.0 Å². The van der Waals surface area contributed by atoms with Gasteiger partial charge in [0.25, 0.3) is 0 Å². The molecule has 2 N–H and O–H groups in total. The van der Waals surface area contributed by atoms with E-state index in [1.807, 2.05) is 13.8 Å². The second-order valence-electron chi connectivity index (χ2n) is 4.84. The molecule has 0 unspecified atom stereocenters. The van der Waals surface area contributed by atoms with Crippen molar-refractivity contribution in [3.63, 3.8) is 0 Å². The Morgan fingerprint density at radius 3 is 2.85 bits per heavy atom. The van der Waals surface area contributed by atoms with Crippen LogP contribution in [-0.4, -0.2) is 10.1 Å². The van der Waals surface area contributed by atoms with Gasteiger partial charge in [-0.25, -0.2) is 4.39 Å². The Bertz CT molecular complexity index is 567. The van der Waals surface area contributed by atoms with Crippen LogP contribution >= 0.6 is 11.6 Å². The number of hydrogen-bond donors (Lipinski definition) is 1. The summed E-state index contributed by atoms with van der Waals surface area (Å²) in [6, 6.07) is 4.23. The van der Waals surface area contributed by atoms with Crippen LogP contribution in [0.4, 0.5) is 4.39 Å². The molecule has 0 saturated heterocycles. The number of nitrogens with zero attached hydrogens (tertiary/aromatic N) is 2. The van der Waals surface area contributed by atoms with Crippen molar-refractivity contribution in [1.29, 1.82) is 0 Å². The molecular weight excluding hydrogens is 281 g/mol. The van der Waals surface area contributed by atoms with Crippen molar-refractivity contribution >= 4 is 11.6 Å². The summed E-state index contributed by atoms with van der Waals surface area (Å²) in [5, 5.41) is 4.19. The molecule has 0 saturated carbocycles. The van der Waals surface area contributed by atoms with Crippen molar-refractivity contribution in [3.8, 4) is 0 Å². The molecule has 0 aliphatic carbocycles. The lowest BCUT2D eigenvalue weighted by Crippen LogP contribution is -2.18. The van der Waals surface area contributed by atoms with Gasteiger partial charge in [0.1, 0.15) is 5.82 Å². The van der Waals surface area contributed by atoms with Crippen molar-refractivity contribution in [1.82, 2.24) is 10.1 Å². The van der Waals surface area contributed by atoms with Crippen molar-refractivity contribution < 1.29 is 8.91 Å². The number of aromatic nitrogens is 2. The van der Waals surface area contributed by atoms with Gasteiger partial charge in [0.2, 0.25) is 5.89 Å². The quantitative estimate of drug-likeness (QED) is 0.917. The smallest absolute Gasteiger partial charge is 0.243 e. The zero-order valence-electron chi connectivity index (χ0n) is 11.4. The van der Waals surface area contributed by atoms with Crippen LogP contribution in [0.5, 0.6) is 0 Å². The minimum absolute atomic E-state index is 0.183. The fourth-order valence-electron chi connectivity index (χ4n) is 1.83. The molecule has 0 spiro atoms. The van der Waals surface area contributed by atoms with Crippen molar-refractivity contribution in [3.05, 3.63) is 46.3 Å². The molecule has 2 rings (SSSR count). The second kappa shape index (κ2) is 6.33. The molecule has 0 bridgehead atoms. The molecular formula is C14H17ClFN3O. The van der Waals surface area contributed by atoms with Crippen LogP contribution in [0.3, 0.4) is 0 Å². The molecule has 1 aromatic heterocycles. The highest BCUT2D eigenvalue weighted by Gasteiger charge is 2.20. The van der Waals surface area contributed by atoms with E-state index in [4.69, 9.17) is 21.9 Å². The third-order valence-corrected chi connectivity index (χ3v) is 3.78. The van der Waals surface area contributed by atoms with Crippen LogP contribution in [-0.2, 0) is 6.42 Å². The summed E-state index contributed by atoms with van der Waals surface area (Å²) in [6.45, 7) is 4.06. The average molecular weight is 298 g/mol. The van der Waals surface area contributed by atoms with Crippen molar-refractivity contribution in [2.24, 2.45) is 11.7 Å². The van der Waals surface area contributed by atoms with E-state index in [-0.39, 0.29) is 24.2 Å². The van der Waals surface area contributed by atoms with Gasteiger partial charge in [-0.2, -0.15) is 4.98 Å². The first kappa shape index (κ1) is 14.9. The lowest BCUT2D eigenvalue weighted by molar-refractivity contribution is 0.310. The Kier molecular flexibility index (Phi) is 4.73. The van der Waals surface area contributed by atoms with Crippen LogP contribution < -0.4 is 5.73 Å². The summed E-state index contributed by atoms with van der Waals surface area (Å²) in [7, 11) is 0. The van der Waals surface area contributed by atoms with Gasteiger partial charge < -0.3 is 10.3 Å². The van der Waals surface area contributed by atoms with Crippen LogP contribution in [0.2, 0.25) is 5.02 Å². The van der Waals surface area contributed by atoms with Gasteiger partial charge in [-0.3, -0.25) is 0 Å². The molecule has 2 aromatic rings. The summed E-state index contributed by atoms with van der Waals surface area (Å²) in [5.41, 5.74) is 6.38. The predicted octanol–water partition coefficient (Wildman–Crippen LogP) is 3.50. The molecule has 2 atom stereocenters. The summed E-state index contributed by atoms with van der Waals surface area (Å²) in [4.78, 5) is 4.23. The first-order valence-electron chi connectivity index (χ1n) is 6.53. The highest BCUT2D eigenvalue weighted by molar-refractivity contribution is 6.31. The fourth-order valence-corrected chi connectivity index (χ4v) is 2.06. The third-order valence-electron chi connectivity index (χ3n) is 3.42. The minimum Gasteiger partial charge on any atom is -0.338 e. The fraction of sp³-hybridized carbons (Fsp3) is 0.429. The normalized spacial score (nSPS) is 14.2. The second-order valence-corrected chi connectivity index (χ2v) is 5.24. The van der Waals surface area contributed by atoms with E-state index in [9.17, 15) is 4.39 Å². The number of rotatable bonds is 5. The maximum Gasteiger partial charge on any atom is 0.243 e.